The first-order valence-corrected chi connectivity index (χ1v) is 16.0. The van der Waals surface area contributed by atoms with Gasteiger partial charge in [-0.15, -0.1) is 10.2 Å². The summed E-state index contributed by atoms with van der Waals surface area (Å²) < 4.78 is 73.9. The summed E-state index contributed by atoms with van der Waals surface area (Å²) in [4.78, 5) is -0.788. The fraction of sp³-hybridized carbons (Fsp3) is 0.0667. The van der Waals surface area contributed by atoms with Crippen LogP contribution < -0.4 is 63.9 Å². The van der Waals surface area contributed by atoms with Crippen LogP contribution in [0.3, 0.4) is 0 Å². The van der Waals surface area contributed by atoms with E-state index in [-0.39, 0.29) is 64.0 Å². The molecule has 5 aromatic carbocycles. The monoisotopic (exact) mass is 688 g/mol. The predicted molar refractivity (Wildman–Crippen MR) is 163 cm³/mol. The third-order valence-corrected chi connectivity index (χ3v) is 7.86. The zero-order valence-corrected chi connectivity index (χ0v) is 31.0. The number of hydrogen-bond acceptors (Lipinski definition) is 13. The van der Waals surface area contributed by atoms with Crippen LogP contribution in [0.4, 0.5) is 34.1 Å². The minimum Gasteiger partial charge on any atom is -0.744 e. The van der Waals surface area contributed by atoms with Gasteiger partial charge in [-0.2, -0.15) is 20.5 Å². The van der Waals surface area contributed by atoms with Crippen molar-refractivity contribution in [3.05, 3.63) is 103 Å². The Kier molecular flexibility index (Phi) is 13.6. The van der Waals surface area contributed by atoms with Crippen LogP contribution in [0.5, 0.6) is 5.75 Å². The molecule has 0 amide bonds. The molecular formula is C30H22N6Na2O7S2. The maximum Gasteiger partial charge on any atom is 1.00 e. The number of nitrogens with zero attached hydrogens (tertiary/aromatic N) is 6. The molecule has 0 heterocycles. The van der Waals surface area contributed by atoms with Gasteiger partial charge in [-0.25, -0.2) is 16.8 Å². The molecule has 17 heteroatoms. The van der Waals surface area contributed by atoms with Crippen LogP contribution in [0.25, 0.3) is 10.8 Å². The third kappa shape index (κ3) is 10.4. The zero-order chi connectivity index (χ0) is 32.0. The van der Waals surface area contributed by atoms with Gasteiger partial charge in [0.05, 0.1) is 50.5 Å². The molecule has 0 radical (unpaired) electrons. The molecule has 0 aliphatic carbocycles. The van der Waals surface area contributed by atoms with Crippen molar-refractivity contribution in [3.63, 3.8) is 0 Å². The van der Waals surface area contributed by atoms with Crippen molar-refractivity contribution in [1.29, 1.82) is 0 Å². The molecule has 5 rings (SSSR count). The van der Waals surface area contributed by atoms with Crippen LogP contribution in [0, 0.1) is 0 Å². The normalized spacial score (nSPS) is 12.0. The van der Waals surface area contributed by atoms with Crippen molar-refractivity contribution < 1.29 is 89.8 Å². The molecule has 0 aliphatic rings. The van der Waals surface area contributed by atoms with Crippen molar-refractivity contribution in [2.45, 2.75) is 16.7 Å². The number of fused-ring (bicyclic) bond motifs is 1. The molecule has 0 aliphatic heterocycles. The SMILES string of the molecule is CCOc1ccc(N=Nc2ccc(N=Nc3ccc(N=Nc4ccc(S(=O)(=O)[O-])cc4)cc3)c3cc(S(=O)(=O)[O-])ccc23)cc1.[Na+].[Na+]. The Morgan fingerprint density at radius 2 is 0.894 bits per heavy atom. The largest absolute Gasteiger partial charge is 1.00 e. The summed E-state index contributed by atoms with van der Waals surface area (Å²) in [5.74, 6) is 0.700. The predicted octanol–water partition coefficient (Wildman–Crippen LogP) is 2.30. The van der Waals surface area contributed by atoms with E-state index in [1.54, 1.807) is 60.7 Å². The molecule has 0 saturated heterocycles. The topological polar surface area (TPSA) is 198 Å². The molecule has 0 spiro atoms. The van der Waals surface area contributed by atoms with E-state index in [0.29, 0.717) is 57.3 Å². The Hall–Kier alpha value is -3.22. The Morgan fingerprint density at radius 3 is 1.34 bits per heavy atom. The molecule has 5 aromatic rings. The Labute approximate surface area is 315 Å². The number of azo groups is 3. The molecule has 0 fully saturated rings. The molecule has 47 heavy (non-hydrogen) atoms. The van der Waals surface area contributed by atoms with Crippen molar-refractivity contribution >= 4 is 65.1 Å². The summed E-state index contributed by atoms with van der Waals surface area (Å²) in [6.45, 7) is 2.42. The van der Waals surface area contributed by atoms with Gasteiger partial charge in [-0.05, 0) is 104 Å². The molecule has 0 bridgehead atoms. The smallest absolute Gasteiger partial charge is 0.744 e. The number of rotatable bonds is 10. The first-order valence-electron chi connectivity index (χ1n) is 13.2. The Balaban J connectivity index is 0.00000300. The van der Waals surface area contributed by atoms with Crippen molar-refractivity contribution in [2.24, 2.45) is 30.7 Å². The van der Waals surface area contributed by atoms with Gasteiger partial charge in [0.15, 0.2) is 0 Å². The second-order valence-corrected chi connectivity index (χ2v) is 12.0. The van der Waals surface area contributed by atoms with Gasteiger partial charge < -0.3 is 13.8 Å². The Bertz CT molecular complexity index is 2160. The second-order valence-electron chi connectivity index (χ2n) is 9.26. The minimum atomic E-state index is -4.74. The van der Waals surface area contributed by atoms with Gasteiger partial charge in [0.1, 0.15) is 26.0 Å². The summed E-state index contributed by atoms with van der Waals surface area (Å²) in [5.41, 5.74) is 2.55. The molecule has 0 unspecified atom stereocenters. The quantitative estimate of drug-likeness (QED) is 0.122. The maximum absolute atomic E-state index is 11.8. The fourth-order valence-corrected chi connectivity index (χ4v) is 4.97. The van der Waals surface area contributed by atoms with E-state index in [4.69, 9.17) is 4.74 Å². The van der Waals surface area contributed by atoms with Crippen molar-refractivity contribution in [1.82, 2.24) is 0 Å². The van der Waals surface area contributed by atoms with Gasteiger partial charge in [0.25, 0.3) is 0 Å². The molecule has 13 nitrogen and oxygen atoms in total. The average molecular weight is 689 g/mol. The summed E-state index contributed by atoms with van der Waals surface area (Å²) in [7, 11) is -9.29. The summed E-state index contributed by atoms with van der Waals surface area (Å²) in [5, 5.41) is 26.0. The van der Waals surface area contributed by atoms with Crippen LogP contribution >= 0.6 is 0 Å². The minimum absolute atomic E-state index is 0. The Morgan fingerprint density at radius 1 is 0.511 bits per heavy atom. The summed E-state index contributed by atoms with van der Waals surface area (Å²) in [6.07, 6.45) is 0. The van der Waals surface area contributed by atoms with Gasteiger partial charge >= 0.3 is 59.1 Å². The zero-order valence-electron chi connectivity index (χ0n) is 25.4. The summed E-state index contributed by atoms with van der Waals surface area (Å²) >= 11 is 0. The average Bonchev–Trinajstić information content (AvgIpc) is 3.02. The molecule has 228 valence electrons. The number of ether oxygens (including phenoxy) is 1. The molecular weight excluding hydrogens is 666 g/mol. The summed E-state index contributed by atoms with van der Waals surface area (Å²) in [6, 6.07) is 25.7. The van der Waals surface area contributed by atoms with E-state index < -0.39 is 25.1 Å². The van der Waals surface area contributed by atoms with E-state index in [2.05, 4.69) is 30.7 Å². The number of benzene rings is 5. The van der Waals surface area contributed by atoms with Gasteiger partial charge in [-0.3, -0.25) is 0 Å². The van der Waals surface area contributed by atoms with E-state index in [1.807, 2.05) is 6.92 Å². The fourth-order valence-electron chi connectivity index (χ4n) is 4.01. The van der Waals surface area contributed by atoms with Crippen LogP contribution in [0.1, 0.15) is 6.92 Å². The molecule has 0 saturated carbocycles. The molecule has 0 N–H and O–H groups in total. The van der Waals surface area contributed by atoms with Crippen LogP contribution in [-0.2, 0) is 20.2 Å². The van der Waals surface area contributed by atoms with Crippen molar-refractivity contribution in [2.75, 3.05) is 6.61 Å². The van der Waals surface area contributed by atoms with E-state index >= 15 is 0 Å². The first kappa shape index (κ1) is 38.2. The molecule has 0 aromatic heterocycles. The van der Waals surface area contributed by atoms with Crippen LogP contribution in [0.2, 0.25) is 0 Å². The standard InChI is InChI=1S/C30H24N6O7S2.2Na/c1-2-43-24-11-7-22(8-12-24)34-35-29-17-18-30(28-19-26(45(40,41)42)15-16-27(28)29)36-33-21-5-3-20(4-6-21)31-32-23-9-13-25(14-10-23)44(37,38)39;;/h3-19H,2H2,1H3,(H,37,38,39)(H,40,41,42);;/q;2*+1/p-2. The van der Waals surface area contributed by atoms with E-state index in [0.717, 1.165) is 12.1 Å². The third-order valence-electron chi connectivity index (χ3n) is 6.18. The van der Waals surface area contributed by atoms with Crippen LogP contribution in [0.15, 0.2) is 144 Å². The van der Waals surface area contributed by atoms with Gasteiger partial charge in [-0.1, -0.05) is 6.07 Å². The van der Waals surface area contributed by atoms with Crippen LogP contribution in [-0.4, -0.2) is 32.5 Å². The van der Waals surface area contributed by atoms with E-state index in [9.17, 15) is 25.9 Å². The number of hydrogen-bond donors (Lipinski definition) is 0. The van der Waals surface area contributed by atoms with Gasteiger partial charge in [0, 0.05) is 10.8 Å². The first-order chi connectivity index (χ1) is 21.5. The molecule has 0 atom stereocenters. The van der Waals surface area contributed by atoms with E-state index in [1.165, 1.54) is 30.3 Å². The van der Waals surface area contributed by atoms with Crippen molar-refractivity contribution in [3.8, 4) is 5.75 Å². The maximum atomic E-state index is 11.8. The van der Waals surface area contributed by atoms with Gasteiger partial charge in [0.2, 0.25) is 0 Å². The second kappa shape index (κ2) is 16.7.